The summed E-state index contributed by atoms with van der Waals surface area (Å²) in [4.78, 5) is 30.7. The lowest BCUT2D eigenvalue weighted by Crippen LogP contribution is -2.33. The monoisotopic (exact) mass is 574 g/mol. The fourth-order valence-electron chi connectivity index (χ4n) is 4.46. The number of hydrogen-bond acceptors (Lipinski definition) is 7. The van der Waals surface area contributed by atoms with Gasteiger partial charge in [0.1, 0.15) is 23.7 Å². The van der Waals surface area contributed by atoms with E-state index in [-0.39, 0.29) is 29.2 Å². The van der Waals surface area contributed by atoms with Crippen molar-refractivity contribution < 1.29 is 28.6 Å². The van der Waals surface area contributed by atoms with E-state index in [4.69, 9.17) is 13.9 Å². The van der Waals surface area contributed by atoms with Gasteiger partial charge in [0, 0.05) is 31.7 Å². The molecule has 3 rings (SSSR count). The van der Waals surface area contributed by atoms with Gasteiger partial charge in [-0.05, 0) is 56.6 Å². The van der Waals surface area contributed by atoms with Crippen LogP contribution in [0.25, 0.3) is 5.57 Å². The molecule has 224 valence electrons. The molecule has 42 heavy (non-hydrogen) atoms. The Hall–Kier alpha value is -4.33. The van der Waals surface area contributed by atoms with E-state index < -0.39 is 5.97 Å². The normalized spacial score (nSPS) is 16.2. The van der Waals surface area contributed by atoms with E-state index in [1.54, 1.807) is 39.2 Å². The molecule has 0 saturated carbocycles. The van der Waals surface area contributed by atoms with E-state index in [0.29, 0.717) is 43.0 Å². The van der Waals surface area contributed by atoms with Crippen molar-refractivity contribution in [2.75, 3.05) is 20.7 Å². The number of aromatic nitrogens is 1. The molecule has 2 aromatic rings. The highest BCUT2D eigenvalue weighted by Crippen LogP contribution is 2.33. The summed E-state index contributed by atoms with van der Waals surface area (Å²) < 4.78 is 16.3. The maximum absolute atomic E-state index is 12.6. The number of amides is 1. The van der Waals surface area contributed by atoms with Gasteiger partial charge < -0.3 is 23.9 Å². The number of benzene rings is 1. The number of likely N-dealkylation sites (N-methyl/N-ethyl adjacent to an activating group) is 1. The van der Waals surface area contributed by atoms with Gasteiger partial charge in [-0.15, -0.1) is 0 Å². The first kappa shape index (κ1) is 32.2. The second-order valence-electron chi connectivity index (χ2n) is 10.6. The molecule has 2 unspecified atom stereocenters. The number of methoxy groups -OCH3 is 1. The Labute approximate surface area is 248 Å². The maximum atomic E-state index is 12.6. The molecule has 0 radical (unpaired) electrons. The Morgan fingerprint density at radius 2 is 1.98 bits per heavy atom. The molecule has 0 bridgehead atoms. The molecule has 0 saturated heterocycles. The number of phenolic OH excluding ortho intramolecular Hbond substituents is 1. The number of rotatable bonds is 14. The van der Waals surface area contributed by atoms with Crippen molar-refractivity contribution in [1.29, 1.82) is 0 Å². The van der Waals surface area contributed by atoms with Crippen LogP contribution in [0.5, 0.6) is 5.75 Å². The molecule has 1 aliphatic heterocycles. The van der Waals surface area contributed by atoms with Gasteiger partial charge in [0.15, 0.2) is 0 Å². The maximum Gasteiger partial charge on any atom is 0.342 e. The lowest BCUT2D eigenvalue weighted by Gasteiger charge is -2.29. The minimum Gasteiger partial charge on any atom is -0.507 e. The second-order valence-corrected chi connectivity index (χ2v) is 10.6. The van der Waals surface area contributed by atoms with E-state index in [1.807, 2.05) is 43.4 Å². The molecule has 1 aliphatic rings. The Balaban J connectivity index is 1.38. The molecule has 0 spiro atoms. The zero-order valence-electron chi connectivity index (χ0n) is 25.3. The summed E-state index contributed by atoms with van der Waals surface area (Å²) in [5, 5.41) is 10.3. The SMILES string of the molecule is C=C(CC=CC=CCCC=CCN(C)C(=O)C=C(C)OC)c1nc(CC(C)C2Cc3ccc(C)c(O)c3C(=O)O2)co1. The van der Waals surface area contributed by atoms with Crippen molar-refractivity contribution in [1.82, 2.24) is 9.88 Å². The van der Waals surface area contributed by atoms with Crippen molar-refractivity contribution in [3.05, 3.63) is 102 Å². The first-order valence-corrected chi connectivity index (χ1v) is 14.2. The van der Waals surface area contributed by atoms with Gasteiger partial charge in [-0.3, -0.25) is 4.79 Å². The highest BCUT2D eigenvalue weighted by atomic mass is 16.5. The number of carbonyl (C=O) groups excluding carboxylic acids is 2. The number of carbonyl (C=O) groups is 2. The first-order chi connectivity index (χ1) is 20.1. The number of nitrogens with zero attached hydrogens (tertiary/aromatic N) is 2. The molecule has 0 fully saturated rings. The molecule has 1 aromatic heterocycles. The number of ether oxygens (including phenoxy) is 2. The average molecular weight is 575 g/mol. The van der Waals surface area contributed by atoms with Crippen LogP contribution in [0.2, 0.25) is 0 Å². The number of fused-ring (bicyclic) bond motifs is 1. The molecule has 2 atom stereocenters. The lowest BCUT2D eigenvalue weighted by atomic mass is 9.88. The van der Waals surface area contributed by atoms with Crippen LogP contribution in [-0.2, 0) is 27.1 Å². The topological polar surface area (TPSA) is 102 Å². The molecule has 8 nitrogen and oxygen atoms in total. The summed E-state index contributed by atoms with van der Waals surface area (Å²) in [7, 11) is 3.30. The van der Waals surface area contributed by atoms with Gasteiger partial charge in [0.2, 0.25) is 11.8 Å². The predicted octanol–water partition coefficient (Wildman–Crippen LogP) is 6.51. The van der Waals surface area contributed by atoms with Gasteiger partial charge in [-0.25, -0.2) is 9.78 Å². The van der Waals surface area contributed by atoms with Crippen molar-refractivity contribution in [2.24, 2.45) is 5.92 Å². The lowest BCUT2D eigenvalue weighted by molar-refractivity contribution is -0.124. The predicted molar refractivity (Wildman–Crippen MR) is 164 cm³/mol. The van der Waals surface area contributed by atoms with Crippen molar-refractivity contribution in [3.63, 3.8) is 0 Å². The highest BCUT2D eigenvalue weighted by molar-refractivity contribution is 5.95. The minimum absolute atomic E-state index is 0.00154. The van der Waals surface area contributed by atoms with Crippen LogP contribution in [0.15, 0.2) is 77.7 Å². The average Bonchev–Trinajstić information content (AvgIpc) is 3.43. The Morgan fingerprint density at radius 3 is 2.74 bits per heavy atom. The number of cyclic esters (lactones) is 1. The molecule has 2 heterocycles. The number of oxazole rings is 1. The Morgan fingerprint density at radius 1 is 1.24 bits per heavy atom. The van der Waals surface area contributed by atoms with Crippen LogP contribution in [0.3, 0.4) is 0 Å². The third-order valence-electron chi connectivity index (χ3n) is 7.19. The zero-order chi connectivity index (χ0) is 30.6. The number of phenols is 1. The third kappa shape index (κ3) is 9.09. The zero-order valence-corrected chi connectivity index (χ0v) is 25.3. The van der Waals surface area contributed by atoms with Gasteiger partial charge in [-0.1, -0.05) is 62.1 Å². The number of aromatic hydroxyl groups is 1. The summed E-state index contributed by atoms with van der Waals surface area (Å²) in [6, 6.07) is 3.71. The van der Waals surface area contributed by atoms with Crippen LogP contribution in [-0.4, -0.2) is 53.7 Å². The largest absolute Gasteiger partial charge is 0.507 e. The summed E-state index contributed by atoms with van der Waals surface area (Å²) in [5.41, 5.74) is 3.30. The minimum atomic E-state index is -0.483. The Bertz CT molecular complexity index is 1380. The summed E-state index contributed by atoms with van der Waals surface area (Å²) in [6.07, 6.45) is 18.5. The van der Waals surface area contributed by atoms with Crippen LogP contribution in [0.4, 0.5) is 0 Å². The molecule has 0 aliphatic carbocycles. The standard InChI is InChI=1S/C34H42N2O6/c1-23-16-17-27-21-29(42-34(39)31(27)32(23)38)25(3)19-28-22-41-33(35-28)24(2)15-13-11-9-7-8-10-12-14-18-36(5)30(37)20-26(4)40-6/h7,9,11-14,16-17,20,22,25,29,38H,2,8,10,15,18-19,21H2,1,3-6H3. The fraction of sp³-hybridized carbons (Fsp3) is 0.382. The molecule has 1 aromatic carbocycles. The number of hydrogen-bond donors (Lipinski definition) is 1. The third-order valence-corrected chi connectivity index (χ3v) is 7.19. The summed E-state index contributed by atoms with van der Waals surface area (Å²) in [6.45, 7) is 10.2. The molecule has 1 amide bonds. The van der Waals surface area contributed by atoms with Crippen molar-refractivity contribution >= 4 is 17.4 Å². The highest BCUT2D eigenvalue weighted by Gasteiger charge is 2.33. The van der Waals surface area contributed by atoms with E-state index in [2.05, 4.69) is 23.7 Å². The summed E-state index contributed by atoms with van der Waals surface area (Å²) >= 11 is 0. The summed E-state index contributed by atoms with van der Waals surface area (Å²) in [5.74, 6) is 0.534. The molecule has 1 N–H and O–H groups in total. The van der Waals surface area contributed by atoms with Gasteiger partial charge in [0.25, 0.3) is 0 Å². The van der Waals surface area contributed by atoms with Crippen LogP contribution in [0, 0.1) is 12.8 Å². The van der Waals surface area contributed by atoms with Crippen molar-refractivity contribution in [3.8, 4) is 5.75 Å². The van der Waals surface area contributed by atoms with Crippen LogP contribution >= 0.6 is 0 Å². The van der Waals surface area contributed by atoms with E-state index in [9.17, 15) is 14.7 Å². The number of esters is 1. The van der Waals surface area contributed by atoms with E-state index in [1.165, 1.54) is 6.08 Å². The van der Waals surface area contributed by atoms with Gasteiger partial charge >= 0.3 is 5.97 Å². The number of aryl methyl sites for hydroxylation is 1. The quantitative estimate of drug-likeness (QED) is 0.0685. The smallest absolute Gasteiger partial charge is 0.342 e. The molecular weight excluding hydrogens is 532 g/mol. The molecule has 8 heteroatoms. The van der Waals surface area contributed by atoms with Gasteiger partial charge in [0.05, 0.1) is 18.6 Å². The van der Waals surface area contributed by atoms with Crippen LogP contribution < -0.4 is 0 Å². The number of allylic oxidation sites excluding steroid dienone is 7. The second kappa shape index (κ2) is 15.6. The van der Waals surface area contributed by atoms with Crippen molar-refractivity contribution in [2.45, 2.75) is 59.0 Å². The van der Waals surface area contributed by atoms with Crippen LogP contribution in [0.1, 0.15) is 66.2 Å². The molecular formula is C34H42N2O6. The van der Waals surface area contributed by atoms with E-state index in [0.717, 1.165) is 29.7 Å². The Kier molecular flexibility index (Phi) is 12.0. The number of unbranched alkanes of at least 4 members (excludes halogenated alkanes) is 1. The van der Waals surface area contributed by atoms with E-state index >= 15 is 0 Å². The fourth-order valence-corrected chi connectivity index (χ4v) is 4.46. The first-order valence-electron chi connectivity index (χ1n) is 14.2. The van der Waals surface area contributed by atoms with Gasteiger partial charge in [-0.2, -0.15) is 0 Å².